The number of terminal acetylenes is 1. The van der Waals surface area contributed by atoms with E-state index in [0.29, 0.717) is 29.2 Å². The minimum atomic E-state index is -0.737. The van der Waals surface area contributed by atoms with Crippen molar-refractivity contribution in [2.24, 2.45) is 5.73 Å². The van der Waals surface area contributed by atoms with Crippen LogP contribution in [0.3, 0.4) is 0 Å². The minimum absolute atomic E-state index is 0.0664. The highest BCUT2D eigenvalue weighted by atomic mass is 35.5. The topological polar surface area (TPSA) is 79.3 Å². The van der Waals surface area contributed by atoms with Crippen molar-refractivity contribution in [1.82, 2.24) is 0 Å². The van der Waals surface area contributed by atoms with Gasteiger partial charge in [-0.2, -0.15) is 5.26 Å². The average molecular weight is 293 g/mol. The third kappa shape index (κ3) is 5.11. The van der Waals surface area contributed by atoms with E-state index in [9.17, 15) is 5.11 Å². The molecule has 2 unspecified atom stereocenters. The van der Waals surface area contributed by atoms with Crippen molar-refractivity contribution in [3.05, 3.63) is 28.8 Å². The molecule has 0 bridgehead atoms. The van der Waals surface area contributed by atoms with Gasteiger partial charge in [0.05, 0.1) is 17.2 Å². The van der Waals surface area contributed by atoms with Crippen molar-refractivity contribution in [3.63, 3.8) is 0 Å². The molecular weight excluding hydrogens is 276 g/mol. The lowest BCUT2D eigenvalue weighted by Gasteiger charge is -2.20. The van der Waals surface area contributed by atoms with Crippen molar-refractivity contribution in [3.8, 4) is 24.2 Å². The van der Waals surface area contributed by atoms with E-state index in [1.54, 1.807) is 19.1 Å². The Morgan fingerprint density at radius 2 is 2.30 bits per heavy atom. The number of nitrogens with zero attached hydrogens (tertiary/aromatic N) is 1. The second-order valence-electron chi connectivity index (χ2n) is 4.82. The third-order valence-corrected chi connectivity index (χ3v) is 3.06. The van der Waals surface area contributed by atoms with Crippen LogP contribution in [0.15, 0.2) is 18.2 Å². The first kappa shape index (κ1) is 16.3. The van der Waals surface area contributed by atoms with Crippen molar-refractivity contribution in [1.29, 1.82) is 5.26 Å². The molecule has 0 heterocycles. The van der Waals surface area contributed by atoms with Gasteiger partial charge in [0, 0.05) is 5.02 Å². The fourth-order valence-corrected chi connectivity index (χ4v) is 1.70. The molecule has 1 rings (SSSR count). The summed E-state index contributed by atoms with van der Waals surface area (Å²) in [6, 6.07) is 6.72. The van der Waals surface area contributed by atoms with E-state index in [2.05, 4.69) is 5.92 Å². The number of benzene rings is 1. The standard InChI is InChI=1S/C15H17ClN2O2/c1-3-15(2,18)7-6-13(19)10-20-14-5-4-12(16)8-11(14)9-17/h1,4-5,8,13,19H,6-7,10,18H2,2H3. The van der Waals surface area contributed by atoms with Crippen molar-refractivity contribution in [2.75, 3.05) is 6.61 Å². The Balaban J connectivity index is 2.52. The Bertz CT molecular complexity index is 544. The molecule has 1 aromatic carbocycles. The van der Waals surface area contributed by atoms with E-state index in [0.717, 1.165) is 0 Å². The molecule has 106 valence electrons. The second-order valence-corrected chi connectivity index (χ2v) is 5.25. The van der Waals surface area contributed by atoms with Crippen LogP contribution in [-0.4, -0.2) is 23.4 Å². The highest BCUT2D eigenvalue weighted by Gasteiger charge is 2.17. The fraction of sp³-hybridized carbons (Fsp3) is 0.400. The molecule has 0 aromatic heterocycles. The molecule has 0 amide bonds. The van der Waals surface area contributed by atoms with E-state index in [1.807, 2.05) is 6.07 Å². The number of hydrogen-bond acceptors (Lipinski definition) is 4. The maximum Gasteiger partial charge on any atom is 0.137 e. The van der Waals surface area contributed by atoms with Crippen molar-refractivity contribution >= 4 is 11.6 Å². The van der Waals surface area contributed by atoms with Gasteiger partial charge in [-0.25, -0.2) is 0 Å². The van der Waals surface area contributed by atoms with Crippen LogP contribution in [0.4, 0.5) is 0 Å². The van der Waals surface area contributed by atoms with E-state index < -0.39 is 11.6 Å². The number of rotatable bonds is 6. The molecule has 0 saturated carbocycles. The van der Waals surface area contributed by atoms with Gasteiger partial charge in [-0.3, -0.25) is 0 Å². The van der Waals surface area contributed by atoms with Gasteiger partial charge in [0.25, 0.3) is 0 Å². The highest BCUT2D eigenvalue weighted by Crippen LogP contribution is 2.22. The molecule has 5 heteroatoms. The van der Waals surface area contributed by atoms with Crippen LogP contribution in [0.25, 0.3) is 0 Å². The first-order valence-electron chi connectivity index (χ1n) is 6.15. The largest absolute Gasteiger partial charge is 0.490 e. The summed E-state index contributed by atoms with van der Waals surface area (Å²) in [6.07, 6.45) is 5.48. The number of hydrogen-bond donors (Lipinski definition) is 2. The molecule has 3 N–H and O–H groups in total. The van der Waals surface area contributed by atoms with Gasteiger partial charge in [0.15, 0.2) is 0 Å². The van der Waals surface area contributed by atoms with Crippen LogP contribution in [0.2, 0.25) is 5.02 Å². The second kappa shape index (κ2) is 7.17. The molecular formula is C15H17ClN2O2. The molecule has 0 spiro atoms. The zero-order valence-corrected chi connectivity index (χ0v) is 12.0. The number of nitriles is 1. The number of aliphatic hydroxyl groups excluding tert-OH is 1. The summed E-state index contributed by atoms with van der Waals surface area (Å²) in [5.74, 6) is 2.86. The minimum Gasteiger partial charge on any atom is -0.490 e. The van der Waals surface area contributed by atoms with E-state index in [1.165, 1.54) is 6.07 Å². The first-order valence-corrected chi connectivity index (χ1v) is 6.53. The Morgan fingerprint density at radius 3 is 2.90 bits per heavy atom. The maximum atomic E-state index is 9.83. The van der Waals surface area contributed by atoms with Crippen LogP contribution in [0, 0.1) is 23.7 Å². The zero-order valence-electron chi connectivity index (χ0n) is 11.3. The van der Waals surface area contributed by atoms with Crippen LogP contribution >= 0.6 is 11.6 Å². The van der Waals surface area contributed by atoms with Gasteiger partial charge >= 0.3 is 0 Å². The SMILES string of the molecule is C#CC(C)(N)CCC(O)COc1ccc(Cl)cc1C#N. The number of aliphatic hydroxyl groups is 1. The molecule has 20 heavy (non-hydrogen) atoms. The first-order chi connectivity index (χ1) is 9.38. The van der Waals surface area contributed by atoms with E-state index in [4.69, 9.17) is 33.8 Å². The number of halogens is 1. The van der Waals surface area contributed by atoms with Crippen molar-refractivity contribution in [2.45, 2.75) is 31.4 Å². The summed E-state index contributed by atoms with van der Waals surface area (Å²) >= 11 is 5.79. The molecule has 0 fully saturated rings. The molecule has 0 radical (unpaired) electrons. The molecule has 0 saturated heterocycles. The molecule has 1 aromatic rings. The normalized spacial score (nSPS) is 14.7. The van der Waals surface area contributed by atoms with Gasteiger partial charge in [-0.1, -0.05) is 17.5 Å². The van der Waals surface area contributed by atoms with E-state index in [-0.39, 0.29) is 6.61 Å². The Morgan fingerprint density at radius 1 is 1.60 bits per heavy atom. The van der Waals surface area contributed by atoms with Gasteiger partial charge in [-0.05, 0) is 38.0 Å². The zero-order chi connectivity index (χ0) is 15.2. The van der Waals surface area contributed by atoms with Crippen LogP contribution in [0.1, 0.15) is 25.3 Å². The van der Waals surface area contributed by atoms with Crippen LogP contribution in [0.5, 0.6) is 5.75 Å². The predicted molar refractivity (Wildman–Crippen MR) is 78.3 cm³/mol. The van der Waals surface area contributed by atoms with E-state index >= 15 is 0 Å². The summed E-state index contributed by atoms with van der Waals surface area (Å²) in [5.41, 5.74) is 5.38. The lowest BCUT2D eigenvalue weighted by molar-refractivity contribution is 0.0947. The van der Waals surface area contributed by atoms with Gasteiger partial charge < -0.3 is 15.6 Å². The average Bonchev–Trinajstić information content (AvgIpc) is 2.43. The van der Waals surface area contributed by atoms with Crippen LogP contribution in [-0.2, 0) is 0 Å². The third-order valence-electron chi connectivity index (χ3n) is 2.82. The van der Waals surface area contributed by atoms with Gasteiger partial charge in [-0.15, -0.1) is 6.42 Å². The number of nitrogens with two attached hydrogens (primary N) is 1. The lowest BCUT2D eigenvalue weighted by atomic mass is 9.96. The Kier molecular flexibility index (Phi) is 5.85. The molecule has 0 aliphatic carbocycles. The van der Waals surface area contributed by atoms with Crippen molar-refractivity contribution < 1.29 is 9.84 Å². The quantitative estimate of drug-likeness (QED) is 0.787. The highest BCUT2D eigenvalue weighted by molar-refractivity contribution is 6.30. The smallest absolute Gasteiger partial charge is 0.137 e. The summed E-state index contributed by atoms with van der Waals surface area (Å²) in [7, 11) is 0. The van der Waals surface area contributed by atoms with Gasteiger partial charge in [0.1, 0.15) is 18.4 Å². The molecule has 0 aliphatic heterocycles. The molecule has 2 atom stereocenters. The van der Waals surface area contributed by atoms with Gasteiger partial charge in [0.2, 0.25) is 0 Å². The summed E-state index contributed by atoms with van der Waals surface area (Å²) in [4.78, 5) is 0. The molecule has 0 aliphatic rings. The monoisotopic (exact) mass is 292 g/mol. The van der Waals surface area contributed by atoms with Crippen LogP contribution < -0.4 is 10.5 Å². The molecule has 4 nitrogen and oxygen atoms in total. The summed E-state index contributed by atoms with van der Waals surface area (Å²) in [5, 5.41) is 19.3. The fourth-order valence-electron chi connectivity index (χ4n) is 1.52. The number of ether oxygens (including phenoxy) is 1. The predicted octanol–water partition coefficient (Wildman–Crippen LogP) is 2.08. The Labute approximate surface area is 124 Å². The summed E-state index contributed by atoms with van der Waals surface area (Å²) < 4.78 is 5.42. The maximum absolute atomic E-state index is 9.83. The lowest BCUT2D eigenvalue weighted by Crippen LogP contribution is -2.35. The summed E-state index contributed by atoms with van der Waals surface area (Å²) in [6.45, 7) is 1.80. The Hall–Kier alpha value is -1.72.